The van der Waals surface area contributed by atoms with E-state index in [2.05, 4.69) is 19.9 Å². The minimum Gasteiger partial charge on any atom is -0.298 e. The summed E-state index contributed by atoms with van der Waals surface area (Å²) < 4.78 is 0. The van der Waals surface area contributed by atoms with Crippen molar-refractivity contribution in [3.05, 3.63) is 0 Å². The van der Waals surface area contributed by atoms with Crippen molar-refractivity contribution >= 4 is 5.78 Å². The van der Waals surface area contributed by atoms with E-state index in [0.717, 1.165) is 32.1 Å². The molecule has 1 aliphatic carbocycles. The summed E-state index contributed by atoms with van der Waals surface area (Å²) in [5.74, 6) is 0.762. The molecule has 0 aromatic carbocycles. The lowest BCUT2D eigenvalue weighted by atomic mass is 9.68. The van der Waals surface area contributed by atoms with E-state index in [1.54, 1.807) is 0 Å². The summed E-state index contributed by atoms with van der Waals surface area (Å²) in [7, 11) is 0. The molecule has 1 rings (SSSR count). The predicted octanol–water partition coefficient (Wildman–Crippen LogP) is 4.25. The summed E-state index contributed by atoms with van der Waals surface area (Å²) in [5, 5.41) is 9.41. The normalized spacial score (nSPS) is 26.5. The van der Waals surface area contributed by atoms with E-state index in [1.165, 1.54) is 19.3 Å². The molecular weight excluding hydrogens is 210 g/mol. The van der Waals surface area contributed by atoms with Gasteiger partial charge in [-0.05, 0) is 25.2 Å². The predicted molar refractivity (Wildman–Crippen MR) is 69.4 cm³/mol. The van der Waals surface area contributed by atoms with Crippen molar-refractivity contribution in [1.29, 1.82) is 5.26 Å². The van der Waals surface area contributed by atoms with Crippen molar-refractivity contribution in [2.75, 3.05) is 0 Å². The van der Waals surface area contributed by atoms with Crippen LogP contribution in [0.4, 0.5) is 0 Å². The summed E-state index contributed by atoms with van der Waals surface area (Å²) in [6.45, 7) is 4.37. The Hall–Kier alpha value is -0.840. The van der Waals surface area contributed by atoms with Crippen LogP contribution in [0.2, 0.25) is 0 Å². The van der Waals surface area contributed by atoms with E-state index >= 15 is 0 Å². The maximum Gasteiger partial charge on any atom is 0.153 e. The summed E-state index contributed by atoms with van der Waals surface area (Å²) >= 11 is 0. The van der Waals surface area contributed by atoms with E-state index in [-0.39, 0.29) is 5.78 Å². The fraction of sp³-hybridized carbons (Fsp3) is 0.867. The van der Waals surface area contributed by atoms with Crippen LogP contribution in [0.3, 0.4) is 0 Å². The monoisotopic (exact) mass is 235 g/mol. The molecule has 0 bridgehead atoms. The highest BCUT2D eigenvalue weighted by atomic mass is 16.1. The highest BCUT2D eigenvalue weighted by molar-refractivity contribution is 5.88. The first kappa shape index (κ1) is 14.2. The van der Waals surface area contributed by atoms with Crippen molar-refractivity contribution in [2.24, 2.45) is 11.3 Å². The molecule has 0 aromatic heterocycles. The van der Waals surface area contributed by atoms with E-state index in [1.807, 2.05) is 0 Å². The Balaban J connectivity index is 2.66. The number of hydrogen-bond acceptors (Lipinski definition) is 2. The van der Waals surface area contributed by atoms with Gasteiger partial charge in [0.25, 0.3) is 0 Å². The molecule has 0 spiro atoms. The Morgan fingerprint density at radius 3 is 2.71 bits per heavy atom. The molecule has 0 aliphatic heterocycles. The zero-order valence-corrected chi connectivity index (χ0v) is 11.3. The molecule has 0 N–H and O–H groups in total. The van der Waals surface area contributed by atoms with Crippen LogP contribution >= 0.6 is 0 Å². The van der Waals surface area contributed by atoms with E-state index in [4.69, 9.17) is 0 Å². The van der Waals surface area contributed by atoms with Gasteiger partial charge in [-0.3, -0.25) is 4.79 Å². The maximum atomic E-state index is 12.1. The number of nitrogens with zero attached hydrogens (tertiary/aromatic N) is 1. The van der Waals surface area contributed by atoms with Crippen molar-refractivity contribution in [3.63, 3.8) is 0 Å². The van der Waals surface area contributed by atoms with Gasteiger partial charge in [-0.15, -0.1) is 0 Å². The molecule has 2 nitrogen and oxygen atoms in total. The molecule has 0 saturated heterocycles. The third kappa shape index (κ3) is 3.56. The Morgan fingerprint density at radius 2 is 2.18 bits per heavy atom. The minimum absolute atomic E-state index is 0.209. The Morgan fingerprint density at radius 1 is 1.41 bits per heavy atom. The van der Waals surface area contributed by atoms with Crippen molar-refractivity contribution in [3.8, 4) is 6.07 Å². The molecule has 2 heteroatoms. The summed E-state index contributed by atoms with van der Waals surface area (Å²) in [6, 6.07) is 2.36. The molecule has 1 saturated carbocycles. The van der Waals surface area contributed by atoms with Crippen LogP contribution in [0.15, 0.2) is 0 Å². The maximum absolute atomic E-state index is 12.1. The second kappa shape index (κ2) is 6.79. The lowest BCUT2D eigenvalue weighted by Gasteiger charge is -2.32. The molecule has 2 unspecified atom stereocenters. The van der Waals surface area contributed by atoms with Gasteiger partial charge in [0.15, 0.2) is 5.78 Å². The molecule has 96 valence electrons. The minimum atomic E-state index is -0.632. The third-order valence-corrected chi connectivity index (χ3v) is 4.19. The molecule has 0 amide bonds. The van der Waals surface area contributed by atoms with Crippen LogP contribution in [0.25, 0.3) is 0 Å². The number of rotatable bonds is 6. The van der Waals surface area contributed by atoms with E-state index in [0.29, 0.717) is 12.3 Å². The van der Waals surface area contributed by atoms with E-state index < -0.39 is 5.41 Å². The lowest BCUT2D eigenvalue weighted by Crippen LogP contribution is -2.34. The highest BCUT2D eigenvalue weighted by Gasteiger charge is 2.41. The first-order valence-corrected chi connectivity index (χ1v) is 7.13. The molecule has 1 aliphatic rings. The van der Waals surface area contributed by atoms with Gasteiger partial charge in [0.1, 0.15) is 5.41 Å². The summed E-state index contributed by atoms with van der Waals surface area (Å²) in [6.07, 6.45) is 8.93. The van der Waals surface area contributed by atoms with Crippen molar-refractivity contribution in [1.82, 2.24) is 0 Å². The van der Waals surface area contributed by atoms with Crippen LogP contribution in [0.1, 0.15) is 71.6 Å². The average Bonchev–Trinajstić information content (AvgIpc) is 2.37. The first-order valence-electron chi connectivity index (χ1n) is 7.13. The highest BCUT2D eigenvalue weighted by Crippen LogP contribution is 2.40. The number of nitriles is 1. The summed E-state index contributed by atoms with van der Waals surface area (Å²) in [5.41, 5.74) is -0.632. The number of ketones is 1. The number of carbonyl (C=O) groups excluding carboxylic acids is 1. The molecule has 17 heavy (non-hydrogen) atoms. The van der Waals surface area contributed by atoms with Crippen LogP contribution in [-0.4, -0.2) is 5.78 Å². The molecule has 0 heterocycles. The molecule has 1 fully saturated rings. The quantitative estimate of drug-likeness (QED) is 0.690. The van der Waals surface area contributed by atoms with Gasteiger partial charge >= 0.3 is 0 Å². The number of unbranched alkanes of at least 4 members (excludes halogenated alkanes) is 1. The SMILES string of the molecule is CCCCC(CC)CC1(C#N)CCCCC1=O. The lowest BCUT2D eigenvalue weighted by molar-refractivity contribution is -0.129. The van der Waals surface area contributed by atoms with Crippen LogP contribution in [0, 0.1) is 22.7 Å². The fourth-order valence-electron chi connectivity index (χ4n) is 2.91. The largest absolute Gasteiger partial charge is 0.298 e. The van der Waals surface area contributed by atoms with Gasteiger partial charge in [0, 0.05) is 6.42 Å². The fourth-order valence-corrected chi connectivity index (χ4v) is 2.91. The van der Waals surface area contributed by atoms with Gasteiger partial charge in [0.05, 0.1) is 6.07 Å². The summed E-state index contributed by atoms with van der Waals surface area (Å²) in [4.78, 5) is 12.1. The molecule has 0 aromatic rings. The molecule has 0 radical (unpaired) electrons. The van der Waals surface area contributed by atoms with Gasteiger partial charge in [-0.1, -0.05) is 46.0 Å². The van der Waals surface area contributed by atoms with Gasteiger partial charge < -0.3 is 0 Å². The first-order chi connectivity index (χ1) is 8.18. The third-order valence-electron chi connectivity index (χ3n) is 4.19. The van der Waals surface area contributed by atoms with Crippen molar-refractivity contribution in [2.45, 2.75) is 71.6 Å². The van der Waals surface area contributed by atoms with Crippen LogP contribution in [-0.2, 0) is 4.79 Å². The topological polar surface area (TPSA) is 40.9 Å². The van der Waals surface area contributed by atoms with Crippen LogP contribution < -0.4 is 0 Å². The van der Waals surface area contributed by atoms with Crippen molar-refractivity contribution < 1.29 is 4.79 Å². The van der Waals surface area contributed by atoms with Gasteiger partial charge in [-0.2, -0.15) is 5.26 Å². The molecule has 2 atom stereocenters. The Kier molecular flexibility index (Phi) is 5.68. The Bertz CT molecular complexity index is 292. The van der Waals surface area contributed by atoms with E-state index in [9.17, 15) is 10.1 Å². The zero-order chi connectivity index (χ0) is 12.7. The average molecular weight is 235 g/mol. The second-order valence-corrected chi connectivity index (χ2v) is 5.44. The number of hydrogen-bond donors (Lipinski definition) is 0. The second-order valence-electron chi connectivity index (χ2n) is 5.44. The Labute approximate surface area is 105 Å². The molecular formula is C15H25NO. The number of Topliss-reactive ketones (excluding diaryl/α,β-unsaturated/α-hetero) is 1. The smallest absolute Gasteiger partial charge is 0.153 e. The zero-order valence-electron chi connectivity index (χ0n) is 11.3. The van der Waals surface area contributed by atoms with Gasteiger partial charge in [-0.25, -0.2) is 0 Å². The van der Waals surface area contributed by atoms with Crippen LogP contribution in [0.5, 0.6) is 0 Å². The standard InChI is InChI=1S/C15H25NO/c1-3-5-8-13(4-2)11-15(12-16)10-7-6-9-14(15)17/h13H,3-11H2,1-2H3. The number of carbonyl (C=O) groups is 1. The van der Waals surface area contributed by atoms with Gasteiger partial charge in [0.2, 0.25) is 0 Å².